The van der Waals surface area contributed by atoms with Crippen molar-refractivity contribution in [3.63, 3.8) is 0 Å². The highest BCUT2D eigenvalue weighted by atomic mass is 15.4. The van der Waals surface area contributed by atoms with Crippen molar-refractivity contribution < 1.29 is 0 Å². The van der Waals surface area contributed by atoms with Crippen molar-refractivity contribution in [2.45, 2.75) is 33.2 Å². The summed E-state index contributed by atoms with van der Waals surface area (Å²) >= 11 is 0. The van der Waals surface area contributed by atoms with Crippen LogP contribution in [0.25, 0.3) is 5.95 Å². The Labute approximate surface area is 119 Å². The van der Waals surface area contributed by atoms with Gasteiger partial charge in [0.1, 0.15) is 0 Å². The van der Waals surface area contributed by atoms with Crippen LogP contribution in [0.3, 0.4) is 0 Å². The van der Waals surface area contributed by atoms with E-state index in [2.05, 4.69) is 44.1 Å². The molecule has 0 aliphatic heterocycles. The zero-order valence-corrected chi connectivity index (χ0v) is 12.4. The fourth-order valence-corrected chi connectivity index (χ4v) is 1.71. The topological polar surface area (TPSA) is 71.8 Å². The SMILES string of the molecule is CCNc1nc(N(C)C(C)CC)nc(-n2cccn2)n1. The molecule has 0 radical (unpaired) electrons. The third kappa shape index (κ3) is 3.04. The standard InChI is InChI=1S/C13H21N7/c1-5-10(3)19(4)12-16-11(14-6-2)17-13(18-12)20-9-7-8-15-20/h7-10H,5-6H2,1-4H3,(H,14,16,17,18). The van der Waals surface area contributed by atoms with Crippen LogP contribution in [0.4, 0.5) is 11.9 Å². The Morgan fingerprint density at radius 2 is 2.10 bits per heavy atom. The van der Waals surface area contributed by atoms with Crippen molar-refractivity contribution in [3.05, 3.63) is 18.5 Å². The molecule has 0 spiro atoms. The van der Waals surface area contributed by atoms with Gasteiger partial charge in [0.25, 0.3) is 5.95 Å². The lowest BCUT2D eigenvalue weighted by Gasteiger charge is -2.24. The molecule has 1 N–H and O–H groups in total. The van der Waals surface area contributed by atoms with Gasteiger partial charge in [-0.2, -0.15) is 20.1 Å². The second-order valence-electron chi connectivity index (χ2n) is 4.61. The molecule has 0 saturated heterocycles. The number of anilines is 2. The molecule has 2 heterocycles. The second kappa shape index (κ2) is 6.31. The van der Waals surface area contributed by atoms with Gasteiger partial charge in [-0.3, -0.25) is 0 Å². The van der Waals surface area contributed by atoms with E-state index in [0.717, 1.165) is 13.0 Å². The van der Waals surface area contributed by atoms with E-state index in [1.54, 1.807) is 10.9 Å². The largest absolute Gasteiger partial charge is 0.354 e. The van der Waals surface area contributed by atoms with Crippen molar-refractivity contribution >= 4 is 11.9 Å². The highest BCUT2D eigenvalue weighted by molar-refractivity contribution is 5.40. The number of aromatic nitrogens is 5. The van der Waals surface area contributed by atoms with Gasteiger partial charge >= 0.3 is 0 Å². The molecule has 0 aliphatic carbocycles. The molecule has 2 aromatic heterocycles. The van der Waals surface area contributed by atoms with E-state index in [0.29, 0.717) is 23.9 Å². The fourth-order valence-electron chi connectivity index (χ4n) is 1.71. The van der Waals surface area contributed by atoms with E-state index in [1.165, 1.54) is 0 Å². The van der Waals surface area contributed by atoms with Crippen molar-refractivity contribution in [3.8, 4) is 5.95 Å². The number of hydrogen-bond acceptors (Lipinski definition) is 6. The van der Waals surface area contributed by atoms with Gasteiger partial charge < -0.3 is 10.2 Å². The minimum absolute atomic E-state index is 0.359. The first-order valence-corrected chi connectivity index (χ1v) is 6.88. The van der Waals surface area contributed by atoms with Crippen LogP contribution in [-0.2, 0) is 0 Å². The van der Waals surface area contributed by atoms with Crippen LogP contribution in [0.2, 0.25) is 0 Å². The van der Waals surface area contributed by atoms with Gasteiger partial charge in [0, 0.05) is 32.0 Å². The zero-order valence-electron chi connectivity index (χ0n) is 12.4. The maximum Gasteiger partial charge on any atom is 0.257 e. The molecular formula is C13H21N7. The molecule has 0 amide bonds. The van der Waals surface area contributed by atoms with E-state index in [9.17, 15) is 0 Å². The predicted molar refractivity (Wildman–Crippen MR) is 79.3 cm³/mol. The van der Waals surface area contributed by atoms with Gasteiger partial charge in [0.15, 0.2) is 0 Å². The molecular weight excluding hydrogens is 254 g/mol. The lowest BCUT2D eigenvalue weighted by Crippen LogP contribution is -2.30. The Bertz CT molecular complexity index is 538. The Balaban J connectivity index is 2.41. The molecule has 0 fully saturated rings. The van der Waals surface area contributed by atoms with Gasteiger partial charge in [0.05, 0.1) is 0 Å². The molecule has 7 heteroatoms. The Morgan fingerprint density at radius 1 is 1.30 bits per heavy atom. The first-order chi connectivity index (χ1) is 9.65. The quantitative estimate of drug-likeness (QED) is 0.865. The second-order valence-corrected chi connectivity index (χ2v) is 4.61. The number of hydrogen-bond donors (Lipinski definition) is 1. The average Bonchev–Trinajstić information content (AvgIpc) is 3.00. The minimum atomic E-state index is 0.359. The fraction of sp³-hybridized carbons (Fsp3) is 0.538. The molecule has 108 valence electrons. The number of rotatable bonds is 6. The van der Waals surface area contributed by atoms with Gasteiger partial charge in [-0.05, 0) is 26.3 Å². The summed E-state index contributed by atoms with van der Waals surface area (Å²) in [6, 6.07) is 2.20. The van der Waals surface area contributed by atoms with Crippen LogP contribution in [-0.4, -0.2) is 44.4 Å². The van der Waals surface area contributed by atoms with E-state index < -0.39 is 0 Å². The van der Waals surface area contributed by atoms with Crippen LogP contribution in [0.5, 0.6) is 0 Å². The summed E-state index contributed by atoms with van der Waals surface area (Å²) in [4.78, 5) is 15.4. The monoisotopic (exact) mass is 275 g/mol. The maximum absolute atomic E-state index is 4.49. The number of nitrogens with zero attached hydrogens (tertiary/aromatic N) is 6. The molecule has 2 rings (SSSR count). The van der Waals surface area contributed by atoms with E-state index in [1.807, 2.05) is 26.2 Å². The van der Waals surface area contributed by atoms with Gasteiger partial charge in [0.2, 0.25) is 11.9 Å². The summed E-state index contributed by atoms with van der Waals surface area (Å²) in [5.41, 5.74) is 0. The summed E-state index contributed by atoms with van der Waals surface area (Å²) in [7, 11) is 1.99. The van der Waals surface area contributed by atoms with Crippen molar-refractivity contribution in [1.82, 2.24) is 24.7 Å². The lowest BCUT2D eigenvalue weighted by molar-refractivity contribution is 0.643. The van der Waals surface area contributed by atoms with Crippen molar-refractivity contribution in [2.75, 3.05) is 23.8 Å². The third-order valence-corrected chi connectivity index (χ3v) is 3.22. The summed E-state index contributed by atoms with van der Waals surface area (Å²) in [5.74, 6) is 1.74. The van der Waals surface area contributed by atoms with Gasteiger partial charge in [-0.25, -0.2) is 4.68 Å². The normalized spacial score (nSPS) is 12.2. The Morgan fingerprint density at radius 3 is 2.70 bits per heavy atom. The van der Waals surface area contributed by atoms with Crippen molar-refractivity contribution in [2.24, 2.45) is 0 Å². The minimum Gasteiger partial charge on any atom is -0.354 e. The van der Waals surface area contributed by atoms with Crippen LogP contribution < -0.4 is 10.2 Å². The van der Waals surface area contributed by atoms with E-state index >= 15 is 0 Å². The molecule has 1 atom stereocenters. The Hall–Kier alpha value is -2.18. The van der Waals surface area contributed by atoms with E-state index in [4.69, 9.17) is 0 Å². The Kier molecular flexibility index (Phi) is 4.49. The highest BCUT2D eigenvalue weighted by Crippen LogP contribution is 2.15. The predicted octanol–water partition coefficient (Wildman–Crippen LogP) is 1.72. The molecule has 2 aromatic rings. The lowest BCUT2D eigenvalue weighted by atomic mass is 10.2. The summed E-state index contributed by atoms with van der Waals surface area (Å²) in [6.07, 6.45) is 4.54. The zero-order chi connectivity index (χ0) is 14.5. The highest BCUT2D eigenvalue weighted by Gasteiger charge is 2.15. The third-order valence-electron chi connectivity index (χ3n) is 3.22. The average molecular weight is 275 g/mol. The number of nitrogens with one attached hydrogen (secondary N) is 1. The molecule has 0 aliphatic rings. The molecule has 20 heavy (non-hydrogen) atoms. The molecule has 1 unspecified atom stereocenters. The van der Waals surface area contributed by atoms with Crippen LogP contribution in [0.15, 0.2) is 18.5 Å². The van der Waals surface area contributed by atoms with E-state index in [-0.39, 0.29) is 0 Å². The van der Waals surface area contributed by atoms with Crippen LogP contribution in [0.1, 0.15) is 27.2 Å². The van der Waals surface area contributed by atoms with Crippen LogP contribution >= 0.6 is 0 Å². The molecule has 0 aromatic carbocycles. The molecule has 0 bridgehead atoms. The summed E-state index contributed by atoms with van der Waals surface area (Å²) < 4.78 is 1.64. The van der Waals surface area contributed by atoms with Gasteiger partial charge in [-0.15, -0.1) is 0 Å². The van der Waals surface area contributed by atoms with Crippen molar-refractivity contribution in [1.29, 1.82) is 0 Å². The van der Waals surface area contributed by atoms with Gasteiger partial charge in [-0.1, -0.05) is 6.92 Å². The summed E-state index contributed by atoms with van der Waals surface area (Å²) in [6.45, 7) is 7.05. The molecule has 7 nitrogen and oxygen atoms in total. The smallest absolute Gasteiger partial charge is 0.257 e. The van der Waals surface area contributed by atoms with Crippen LogP contribution in [0, 0.1) is 0 Å². The summed E-state index contributed by atoms with van der Waals surface area (Å²) in [5, 5.41) is 7.30. The first-order valence-electron chi connectivity index (χ1n) is 6.88. The maximum atomic E-state index is 4.49. The first kappa shape index (κ1) is 14.2. The molecule has 0 saturated carbocycles.